The quantitative estimate of drug-likeness (QED) is 0.707. The van der Waals surface area contributed by atoms with Crippen molar-refractivity contribution in [3.8, 4) is 11.5 Å². The highest BCUT2D eigenvalue weighted by Gasteiger charge is 2.48. The molecule has 2 unspecified atom stereocenters. The van der Waals surface area contributed by atoms with Crippen LogP contribution in [0.2, 0.25) is 0 Å². The van der Waals surface area contributed by atoms with Crippen molar-refractivity contribution in [3.63, 3.8) is 0 Å². The van der Waals surface area contributed by atoms with Gasteiger partial charge < -0.3 is 14.2 Å². The summed E-state index contributed by atoms with van der Waals surface area (Å²) < 4.78 is 66.6. The molecule has 0 spiro atoms. The molecule has 0 N–H and O–H groups in total. The van der Waals surface area contributed by atoms with Crippen LogP contribution in [0.1, 0.15) is 0 Å². The first-order valence-electron chi connectivity index (χ1n) is 7.10. The molecule has 0 amide bonds. The van der Waals surface area contributed by atoms with Crippen molar-refractivity contribution < 1.29 is 31.0 Å². The van der Waals surface area contributed by atoms with Crippen LogP contribution in [0.3, 0.4) is 0 Å². The largest absolute Gasteiger partial charge is 0.454 e. The number of sulfonamides is 1. The molecule has 3 aliphatic heterocycles. The summed E-state index contributed by atoms with van der Waals surface area (Å²) in [6.07, 6.45) is -0.600. The van der Waals surface area contributed by atoms with Gasteiger partial charge in [0.25, 0.3) is 0 Å². The fourth-order valence-corrected chi connectivity index (χ4v) is 6.77. The van der Waals surface area contributed by atoms with Crippen LogP contribution in [-0.4, -0.2) is 64.7 Å². The van der Waals surface area contributed by atoms with E-state index in [2.05, 4.69) is 0 Å². The topological polar surface area (TPSA) is 99.2 Å². The van der Waals surface area contributed by atoms with Gasteiger partial charge in [0.2, 0.25) is 16.8 Å². The lowest BCUT2D eigenvalue weighted by atomic mass is 10.2. The summed E-state index contributed by atoms with van der Waals surface area (Å²) in [5.41, 5.74) is 0. The summed E-state index contributed by atoms with van der Waals surface area (Å²) in [6, 6.07) is 3.71. The van der Waals surface area contributed by atoms with Gasteiger partial charge in [-0.15, -0.1) is 0 Å². The zero-order chi connectivity index (χ0) is 16.2. The van der Waals surface area contributed by atoms with Crippen LogP contribution in [0.4, 0.5) is 0 Å². The van der Waals surface area contributed by atoms with Gasteiger partial charge >= 0.3 is 0 Å². The van der Waals surface area contributed by atoms with Gasteiger partial charge in [-0.25, -0.2) is 16.8 Å². The zero-order valence-corrected chi connectivity index (χ0v) is 13.7. The minimum atomic E-state index is -3.83. The van der Waals surface area contributed by atoms with Crippen LogP contribution in [-0.2, 0) is 24.6 Å². The number of fused-ring (bicyclic) bond motifs is 2. The summed E-state index contributed by atoms with van der Waals surface area (Å²) in [5, 5.41) is 0. The van der Waals surface area contributed by atoms with E-state index in [9.17, 15) is 16.8 Å². The van der Waals surface area contributed by atoms with Crippen molar-refractivity contribution in [2.24, 2.45) is 0 Å². The molecular weight excluding hydrogens is 346 g/mol. The molecule has 10 heteroatoms. The lowest BCUT2D eigenvalue weighted by Crippen LogP contribution is -2.53. The van der Waals surface area contributed by atoms with Crippen molar-refractivity contribution in [2.45, 2.75) is 17.0 Å². The molecule has 3 heterocycles. The summed E-state index contributed by atoms with van der Waals surface area (Å²) in [5.74, 6) is 0.522. The maximum Gasteiger partial charge on any atom is 0.243 e. The van der Waals surface area contributed by atoms with E-state index in [1.807, 2.05) is 0 Å². The molecule has 0 radical (unpaired) electrons. The first-order chi connectivity index (χ1) is 10.9. The predicted molar refractivity (Wildman–Crippen MR) is 78.6 cm³/mol. The lowest BCUT2D eigenvalue weighted by Gasteiger charge is -2.35. The van der Waals surface area contributed by atoms with E-state index >= 15 is 0 Å². The van der Waals surface area contributed by atoms with Crippen LogP contribution in [0.15, 0.2) is 23.1 Å². The monoisotopic (exact) mass is 361 g/mol. The molecule has 2 saturated heterocycles. The van der Waals surface area contributed by atoms with Crippen molar-refractivity contribution in [1.29, 1.82) is 0 Å². The van der Waals surface area contributed by atoms with E-state index in [-0.39, 0.29) is 36.3 Å². The molecule has 0 aromatic heterocycles. The third-order valence-electron chi connectivity index (χ3n) is 4.24. The first-order valence-corrected chi connectivity index (χ1v) is 10.4. The molecular formula is C13H15NO7S2. The van der Waals surface area contributed by atoms with E-state index < -0.39 is 32.0 Å². The average Bonchev–Trinajstić information content (AvgIpc) is 3.07. The Kier molecular flexibility index (Phi) is 3.34. The van der Waals surface area contributed by atoms with Crippen molar-refractivity contribution >= 4 is 19.9 Å². The number of morpholine rings is 1. The molecule has 8 nitrogen and oxygen atoms in total. The minimum Gasteiger partial charge on any atom is -0.454 e. The van der Waals surface area contributed by atoms with Crippen LogP contribution in [0.25, 0.3) is 0 Å². The number of benzene rings is 1. The molecule has 1 aromatic carbocycles. The molecule has 126 valence electrons. The molecule has 2 fully saturated rings. The summed E-state index contributed by atoms with van der Waals surface area (Å²) in [4.78, 5) is 0.0618. The Bertz CT molecular complexity index is 849. The van der Waals surface area contributed by atoms with Gasteiger partial charge in [0.15, 0.2) is 21.3 Å². The molecule has 0 saturated carbocycles. The Morgan fingerprint density at radius 1 is 1.13 bits per heavy atom. The molecule has 0 aliphatic carbocycles. The normalized spacial score (nSPS) is 29.4. The third-order valence-corrected chi connectivity index (χ3v) is 7.84. The van der Waals surface area contributed by atoms with Crippen molar-refractivity contribution in [1.82, 2.24) is 4.31 Å². The average molecular weight is 361 g/mol. The van der Waals surface area contributed by atoms with Gasteiger partial charge in [0.05, 0.1) is 35.2 Å². The molecule has 1 aromatic rings. The van der Waals surface area contributed by atoms with Gasteiger partial charge in [-0.1, -0.05) is 0 Å². The van der Waals surface area contributed by atoms with Crippen molar-refractivity contribution in [3.05, 3.63) is 18.2 Å². The van der Waals surface area contributed by atoms with Gasteiger partial charge in [0.1, 0.15) is 0 Å². The Labute approximate surface area is 133 Å². The molecule has 4 rings (SSSR count). The van der Waals surface area contributed by atoms with Gasteiger partial charge in [-0.05, 0) is 12.1 Å². The molecule has 23 heavy (non-hydrogen) atoms. The molecule has 0 bridgehead atoms. The van der Waals surface area contributed by atoms with E-state index in [1.54, 1.807) is 6.07 Å². The Morgan fingerprint density at radius 2 is 1.91 bits per heavy atom. The number of ether oxygens (including phenoxy) is 3. The number of sulfone groups is 1. The molecule has 2 atom stereocenters. The van der Waals surface area contributed by atoms with Gasteiger partial charge in [-0.3, -0.25) is 0 Å². The van der Waals surface area contributed by atoms with E-state index in [4.69, 9.17) is 14.2 Å². The summed E-state index contributed by atoms with van der Waals surface area (Å²) >= 11 is 0. The van der Waals surface area contributed by atoms with E-state index in [0.29, 0.717) is 11.5 Å². The molecule has 3 aliphatic rings. The second-order valence-corrected chi connectivity index (χ2v) is 9.73. The number of rotatable bonds is 2. The number of nitrogens with zero attached hydrogens (tertiary/aromatic N) is 1. The fourth-order valence-electron chi connectivity index (χ4n) is 3.16. The maximum atomic E-state index is 12.9. The van der Waals surface area contributed by atoms with Crippen LogP contribution >= 0.6 is 0 Å². The van der Waals surface area contributed by atoms with Crippen molar-refractivity contribution in [2.75, 3.05) is 31.5 Å². The van der Waals surface area contributed by atoms with Crippen LogP contribution < -0.4 is 9.47 Å². The predicted octanol–water partition coefficient (Wildman–Crippen LogP) is -0.398. The third kappa shape index (κ3) is 2.49. The number of hydrogen-bond acceptors (Lipinski definition) is 7. The smallest absolute Gasteiger partial charge is 0.243 e. The summed E-state index contributed by atoms with van der Waals surface area (Å²) in [6.45, 7) is 0.368. The highest BCUT2D eigenvalue weighted by Crippen LogP contribution is 2.36. The van der Waals surface area contributed by atoms with Gasteiger partial charge in [-0.2, -0.15) is 4.31 Å². The van der Waals surface area contributed by atoms with E-state index in [1.165, 1.54) is 16.4 Å². The standard InChI is InChI=1S/C13H15NO7S2/c15-22(16)6-10-13(7-22)19-4-3-14(10)23(17,18)9-1-2-11-12(5-9)21-8-20-11/h1-2,5,10,13H,3-4,6-8H2. The SMILES string of the molecule is O=S1(=O)CC2OCCN(S(=O)(=O)c3ccc4c(c3)OCO4)C2C1. The Balaban J connectivity index is 1.71. The second kappa shape index (κ2) is 5.07. The Hall–Kier alpha value is -1.36. The number of hydrogen-bond donors (Lipinski definition) is 0. The van der Waals surface area contributed by atoms with E-state index in [0.717, 1.165) is 0 Å². The van der Waals surface area contributed by atoms with Crippen LogP contribution in [0, 0.1) is 0 Å². The highest BCUT2D eigenvalue weighted by atomic mass is 32.2. The Morgan fingerprint density at radius 3 is 2.74 bits per heavy atom. The first kappa shape index (κ1) is 15.2. The fraction of sp³-hybridized carbons (Fsp3) is 0.538. The lowest BCUT2D eigenvalue weighted by molar-refractivity contribution is -0.0141. The highest BCUT2D eigenvalue weighted by molar-refractivity contribution is 7.92. The van der Waals surface area contributed by atoms with Crippen LogP contribution in [0.5, 0.6) is 11.5 Å². The summed E-state index contributed by atoms with van der Waals surface area (Å²) in [7, 11) is -7.12. The van der Waals surface area contributed by atoms with Gasteiger partial charge in [0, 0.05) is 12.6 Å². The zero-order valence-electron chi connectivity index (χ0n) is 12.0. The maximum absolute atomic E-state index is 12.9. The second-order valence-electron chi connectivity index (χ2n) is 5.68. The minimum absolute atomic E-state index is 0.0549.